The standard InChI is InChI=1S/C10H10N/c1-2-8-3-4-9-5-6-11-10(9)7-8/h3,5-7,11H,2H2,1H3. The maximum Gasteiger partial charge on any atom is 0.0462 e. The van der Waals surface area contributed by atoms with E-state index in [-0.39, 0.29) is 0 Å². The molecule has 2 aromatic rings. The molecule has 0 atom stereocenters. The summed E-state index contributed by atoms with van der Waals surface area (Å²) < 4.78 is 0. The summed E-state index contributed by atoms with van der Waals surface area (Å²) in [7, 11) is 0. The number of hydrogen-bond acceptors (Lipinski definition) is 0. The lowest BCUT2D eigenvalue weighted by Crippen LogP contribution is -1.78. The fourth-order valence-electron chi connectivity index (χ4n) is 1.23. The molecule has 0 aliphatic carbocycles. The molecule has 11 heavy (non-hydrogen) atoms. The lowest BCUT2D eigenvalue weighted by Gasteiger charge is -1.94. The van der Waals surface area contributed by atoms with E-state index in [0.29, 0.717) is 0 Å². The zero-order valence-electron chi connectivity index (χ0n) is 6.52. The highest BCUT2D eigenvalue weighted by atomic mass is 14.7. The van der Waals surface area contributed by atoms with Crippen molar-refractivity contribution < 1.29 is 0 Å². The summed E-state index contributed by atoms with van der Waals surface area (Å²) in [6, 6.07) is 9.48. The van der Waals surface area contributed by atoms with Crippen LogP contribution in [0.25, 0.3) is 10.9 Å². The molecule has 0 fully saturated rings. The Kier molecular flexibility index (Phi) is 1.42. The highest BCUT2D eigenvalue weighted by Gasteiger charge is 1.94. The van der Waals surface area contributed by atoms with Crippen LogP contribution in [0.2, 0.25) is 0 Å². The van der Waals surface area contributed by atoms with E-state index < -0.39 is 0 Å². The molecule has 0 unspecified atom stereocenters. The third-order valence-electron chi connectivity index (χ3n) is 1.93. The summed E-state index contributed by atoms with van der Waals surface area (Å²) >= 11 is 0. The second-order valence-corrected chi connectivity index (χ2v) is 2.67. The van der Waals surface area contributed by atoms with Crippen molar-refractivity contribution in [2.75, 3.05) is 0 Å². The average molecular weight is 144 g/mol. The van der Waals surface area contributed by atoms with Gasteiger partial charge in [-0.25, -0.2) is 0 Å². The Labute approximate surface area is 66.1 Å². The number of rotatable bonds is 1. The van der Waals surface area contributed by atoms with Crippen LogP contribution in [0, 0.1) is 6.07 Å². The fourth-order valence-corrected chi connectivity index (χ4v) is 1.23. The molecular formula is C10H10N. The van der Waals surface area contributed by atoms with E-state index in [9.17, 15) is 0 Å². The van der Waals surface area contributed by atoms with Crippen molar-refractivity contribution in [3.05, 3.63) is 36.0 Å². The fraction of sp³-hybridized carbons (Fsp3) is 0.200. The summed E-state index contributed by atoms with van der Waals surface area (Å²) in [6.07, 6.45) is 3.02. The number of hydrogen-bond donors (Lipinski definition) is 1. The highest BCUT2D eigenvalue weighted by Crippen LogP contribution is 2.13. The van der Waals surface area contributed by atoms with E-state index >= 15 is 0 Å². The Morgan fingerprint density at radius 1 is 1.55 bits per heavy atom. The predicted molar refractivity (Wildman–Crippen MR) is 46.5 cm³/mol. The molecule has 1 heteroatoms. The molecule has 1 N–H and O–H groups in total. The van der Waals surface area contributed by atoms with E-state index in [1.54, 1.807) is 0 Å². The minimum atomic E-state index is 1.07. The van der Waals surface area contributed by atoms with Gasteiger partial charge in [-0.2, -0.15) is 0 Å². The molecule has 0 spiro atoms. The first-order valence-corrected chi connectivity index (χ1v) is 3.88. The van der Waals surface area contributed by atoms with Crippen LogP contribution in [0.5, 0.6) is 0 Å². The maximum absolute atomic E-state index is 3.22. The van der Waals surface area contributed by atoms with Gasteiger partial charge >= 0.3 is 0 Å². The molecule has 0 aliphatic rings. The number of aromatic nitrogens is 1. The zero-order valence-corrected chi connectivity index (χ0v) is 6.52. The predicted octanol–water partition coefficient (Wildman–Crippen LogP) is 2.53. The Bertz CT molecular complexity index is 360. The van der Waals surface area contributed by atoms with Gasteiger partial charge in [0.15, 0.2) is 0 Å². The Morgan fingerprint density at radius 3 is 3.27 bits per heavy atom. The van der Waals surface area contributed by atoms with Crippen LogP contribution in [0.4, 0.5) is 0 Å². The highest BCUT2D eigenvalue weighted by molar-refractivity contribution is 5.79. The molecule has 1 aromatic heterocycles. The van der Waals surface area contributed by atoms with Gasteiger partial charge in [0.2, 0.25) is 0 Å². The topological polar surface area (TPSA) is 15.8 Å². The summed E-state index contributed by atoms with van der Waals surface area (Å²) in [6.45, 7) is 2.15. The van der Waals surface area contributed by atoms with E-state index in [4.69, 9.17) is 0 Å². The average Bonchev–Trinajstić information content (AvgIpc) is 2.50. The smallest absolute Gasteiger partial charge is 0.0462 e. The number of H-pyrrole nitrogens is 1. The molecule has 0 aliphatic heterocycles. The molecular weight excluding hydrogens is 134 g/mol. The summed E-state index contributed by atoms with van der Waals surface area (Å²) in [5.41, 5.74) is 2.52. The molecule has 55 valence electrons. The van der Waals surface area contributed by atoms with Gasteiger partial charge in [0.1, 0.15) is 0 Å². The third kappa shape index (κ3) is 1.03. The van der Waals surface area contributed by atoms with Crippen molar-refractivity contribution in [3.63, 3.8) is 0 Å². The quantitative estimate of drug-likeness (QED) is 0.633. The van der Waals surface area contributed by atoms with Crippen LogP contribution in [0.3, 0.4) is 0 Å². The van der Waals surface area contributed by atoms with Gasteiger partial charge in [-0.1, -0.05) is 13.0 Å². The van der Waals surface area contributed by atoms with Crippen molar-refractivity contribution in [1.29, 1.82) is 0 Å². The van der Waals surface area contributed by atoms with Crippen molar-refractivity contribution >= 4 is 10.9 Å². The summed E-state index contributed by atoms with van der Waals surface area (Å²) in [4.78, 5) is 3.16. The van der Waals surface area contributed by atoms with Gasteiger partial charge in [0.25, 0.3) is 0 Å². The summed E-state index contributed by atoms with van der Waals surface area (Å²) in [5.74, 6) is 0. The molecule has 0 bridgehead atoms. The number of aromatic amines is 1. The molecule has 0 saturated carbocycles. The number of fused-ring (bicyclic) bond motifs is 1. The van der Waals surface area contributed by atoms with Gasteiger partial charge < -0.3 is 4.98 Å². The van der Waals surface area contributed by atoms with Crippen molar-refractivity contribution in [2.45, 2.75) is 13.3 Å². The van der Waals surface area contributed by atoms with Crippen LogP contribution >= 0.6 is 0 Å². The number of benzene rings is 1. The van der Waals surface area contributed by atoms with Crippen LogP contribution in [0.15, 0.2) is 24.4 Å². The lowest BCUT2D eigenvalue weighted by atomic mass is 10.1. The lowest BCUT2D eigenvalue weighted by molar-refractivity contribution is 1.14. The van der Waals surface area contributed by atoms with Crippen molar-refractivity contribution in [1.82, 2.24) is 4.98 Å². The van der Waals surface area contributed by atoms with E-state index in [1.807, 2.05) is 12.3 Å². The minimum absolute atomic E-state index is 1.07. The first kappa shape index (κ1) is 6.47. The van der Waals surface area contributed by atoms with Crippen molar-refractivity contribution in [3.8, 4) is 0 Å². The van der Waals surface area contributed by atoms with Gasteiger partial charge in [0.05, 0.1) is 0 Å². The second kappa shape index (κ2) is 2.42. The van der Waals surface area contributed by atoms with Crippen LogP contribution in [-0.2, 0) is 6.42 Å². The molecule has 0 amide bonds. The maximum atomic E-state index is 3.22. The van der Waals surface area contributed by atoms with Crippen LogP contribution in [0.1, 0.15) is 12.5 Å². The minimum Gasteiger partial charge on any atom is -0.361 e. The van der Waals surface area contributed by atoms with Gasteiger partial charge in [-0.05, 0) is 30.2 Å². The number of aryl methyl sites for hydroxylation is 1. The zero-order chi connectivity index (χ0) is 7.68. The van der Waals surface area contributed by atoms with Crippen LogP contribution < -0.4 is 0 Å². The monoisotopic (exact) mass is 144 g/mol. The van der Waals surface area contributed by atoms with E-state index in [0.717, 1.165) is 6.42 Å². The van der Waals surface area contributed by atoms with E-state index in [1.165, 1.54) is 16.5 Å². The summed E-state index contributed by atoms with van der Waals surface area (Å²) in [5, 5.41) is 1.17. The van der Waals surface area contributed by atoms with Gasteiger partial charge in [-0.3, -0.25) is 0 Å². The van der Waals surface area contributed by atoms with Crippen LogP contribution in [-0.4, -0.2) is 4.98 Å². The molecule has 1 heterocycles. The Hall–Kier alpha value is -1.24. The second-order valence-electron chi connectivity index (χ2n) is 2.67. The largest absolute Gasteiger partial charge is 0.361 e. The first-order valence-electron chi connectivity index (χ1n) is 3.88. The van der Waals surface area contributed by atoms with E-state index in [2.05, 4.69) is 30.1 Å². The SMILES string of the molecule is CCc1c[c]c2cc[nH]c2c1. The third-order valence-corrected chi connectivity index (χ3v) is 1.93. The van der Waals surface area contributed by atoms with Crippen molar-refractivity contribution in [2.24, 2.45) is 0 Å². The Balaban J connectivity index is 2.67. The first-order chi connectivity index (χ1) is 5.40. The molecule has 0 saturated heterocycles. The molecule has 2 rings (SSSR count). The Morgan fingerprint density at radius 2 is 2.45 bits per heavy atom. The normalized spacial score (nSPS) is 10.6. The molecule has 1 aromatic carbocycles. The molecule has 1 nitrogen and oxygen atoms in total. The number of nitrogens with one attached hydrogen (secondary N) is 1. The molecule has 1 radical (unpaired) electrons. The van der Waals surface area contributed by atoms with Gasteiger partial charge in [-0.15, -0.1) is 0 Å². The van der Waals surface area contributed by atoms with Gasteiger partial charge in [0, 0.05) is 17.1 Å².